The van der Waals surface area contributed by atoms with Gasteiger partial charge in [0.05, 0.1) is 0 Å². The van der Waals surface area contributed by atoms with Gasteiger partial charge in [-0.2, -0.15) is 0 Å². The summed E-state index contributed by atoms with van der Waals surface area (Å²) < 4.78 is 12.1. The van der Waals surface area contributed by atoms with E-state index in [2.05, 4.69) is 4.94 Å². The Morgan fingerprint density at radius 2 is 1.88 bits per heavy atom. The molecule has 0 spiro atoms. The first-order chi connectivity index (χ1) is 7.81. The molecule has 0 atom stereocenters. The standard InChI is InChI=1S/C13H7FO2/c14-16-12-6-5-10-9-4-2-1-3-8(9)7-11(10)13(12)15/h1-7H. The van der Waals surface area contributed by atoms with Crippen LogP contribution in [-0.2, 0) is 9.74 Å². The van der Waals surface area contributed by atoms with Gasteiger partial charge in [-0.1, -0.05) is 24.3 Å². The average molecular weight is 214 g/mol. The third-order valence-electron chi connectivity index (χ3n) is 2.79. The van der Waals surface area contributed by atoms with Gasteiger partial charge in [0.25, 0.3) is 0 Å². The summed E-state index contributed by atoms with van der Waals surface area (Å²) in [6.45, 7) is 0. The smallest absolute Gasteiger partial charge is 0.232 e. The van der Waals surface area contributed by atoms with Crippen molar-refractivity contribution in [2.75, 3.05) is 0 Å². The first kappa shape index (κ1) is 9.09. The Labute approximate surface area is 91.2 Å². The van der Waals surface area contributed by atoms with Crippen molar-refractivity contribution in [3.05, 3.63) is 58.9 Å². The van der Waals surface area contributed by atoms with Gasteiger partial charge in [-0.3, -0.25) is 9.74 Å². The van der Waals surface area contributed by atoms with Gasteiger partial charge in [-0.15, -0.1) is 0 Å². The van der Waals surface area contributed by atoms with E-state index in [0.29, 0.717) is 5.57 Å². The number of benzene rings is 1. The molecule has 0 aliphatic heterocycles. The van der Waals surface area contributed by atoms with E-state index < -0.39 is 5.78 Å². The number of carbonyl (C=O) groups is 1. The Bertz CT molecular complexity index is 579. The van der Waals surface area contributed by atoms with Crippen molar-refractivity contribution in [3.8, 4) is 0 Å². The first-order valence-electron chi connectivity index (χ1n) is 4.88. The van der Waals surface area contributed by atoms with E-state index >= 15 is 0 Å². The van der Waals surface area contributed by atoms with Crippen LogP contribution in [0.4, 0.5) is 4.53 Å². The minimum atomic E-state index is -0.406. The summed E-state index contributed by atoms with van der Waals surface area (Å²) in [7, 11) is 0. The molecule has 0 saturated carbocycles. The second-order valence-electron chi connectivity index (χ2n) is 3.66. The summed E-state index contributed by atoms with van der Waals surface area (Å²) in [6, 6.07) is 7.67. The minimum absolute atomic E-state index is 0.261. The van der Waals surface area contributed by atoms with Gasteiger partial charge in [0.2, 0.25) is 11.5 Å². The molecule has 2 aliphatic rings. The summed E-state index contributed by atoms with van der Waals surface area (Å²) in [4.78, 5) is 15.3. The highest BCUT2D eigenvalue weighted by Gasteiger charge is 2.29. The summed E-state index contributed by atoms with van der Waals surface area (Å²) >= 11 is 0. The lowest BCUT2D eigenvalue weighted by atomic mass is 9.95. The van der Waals surface area contributed by atoms with Crippen LogP contribution in [0.25, 0.3) is 11.6 Å². The van der Waals surface area contributed by atoms with Crippen LogP contribution in [0.1, 0.15) is 11.1 Å². The van der Waals surface area contributed by atoms with Crippen molar-refractivity contribution in [2.45, 2.75) is 0 Å². The number of hydrogen-bond acceptors (Lipinski definition) is 2. The second kappa shape index (κ2) is 3.17. The van der Waals surface area contributed by atoms with Crippen molar-refractivity contribution in [1.29, 1.82) is 0 Å². The maximum atomic E-state index is 12.1. The Kier molecular flexibility index (Phi) is 1.80. The lowest BCUT2D eigenvalue weighted by molar-refractivity contribution is -0.129. The molecule has 2 aliphatic carbocycles. The Hall–Kier alpha value is -2.16. The zero-order valence-corrected chi connectivity index (χ0v) is 8.24. The topological polar surface area (TPSA) is 26.3 Å². The molecule has 78 valence electrons. The highest BCUT2D eigenvalue weighted by atomic mass is 19.3. The predicted molar refractivity (Wildman–Crippen MR) is 57.7 cm³/mol. The molecule has 0 fully saturated rings. The zero-order chi connectivity index (χ0) is 11.1. The number of Topliss-reactive ketones (excluding diaryl/α,β-unsaturated/α-hetero) is 1. The Morgan fingerprint density at radius 1 is 1.06 bits per heavy atom. The molecule has 16 heavy (non-hydrogen) atoms. The summed E-state index contributed by atoms with van der Waals surface area (Å²) in [5, 5.41) is 0. The molecule has 0 radical (unpaired) electrons. The van der Waals surface area contributed by atoms with Gasteiger partial charge in [0.1, 0.15) is 0 Å². The number of halogens is 1. The SMILES string of the molecule is O=C1C(OF)=CC=C2C1=Cc1ccccc12. The molecule has 0 N–H and O–H groups in total. The molecular formula is C13H7FO2. The summed E-state index contributed by atoms with van der Waals surface area (Å²) in [5.41, 5.74) is 3.31. The van der Waals surface area contributed by atoms with Crippen molar-refractivity contribution >= 4 is 17.4 Å². The lowest BCUT2D eigenvalue weighted by Gasteiger charge is -2.10. The van der Waals surface area contributed by atoms with Gasteiger partial charge in [0.15, 0.2) is 0 Å². The van der Waals surface area contributed by atoms with Crippen LogP contribution in [0.2, 0.25) is 0 Å². The number of ketones is 1. The second-order valence-corrected chi connectivity index (χ2v) is 3.66. The molecule has 1 aromatic rings. The molecule has 0 saturated heterocycles. The van der Waals surface area contributed by atoms with Gasteiger partial charge in [-0.05, 0) is 34.9 Å². The maximum absolute atomic E-state index is 12.1. The highest BCUT2D eigenvalue weighted by molar-refractivity contribution is 6.25. The monoisotopic (exact) mass is 214 g/mol. The molecule has 0 unspecified atom stereocenters. The molecule has 2 nitrogen and oxygen atoms in total. The summed E-state index contributed by atoms with van der Waals surface area (Å²) in [5.74, 6) is -0.668. The van der Waals surface area contributed by atoms with Crippen molar-refractivity contribution in [2.24, 2.45) is 0 Å². The molecular weight excluding hydrogens is 207 g/mol. The van der Waals surface area contributed by atoms with Crippen LogP contribution in [0.3, 0.4) is 0 Å². The van der Waals surface area contributed by atoms with Crippen molar-refractivity contribution < 1.29 is 14.3 Å². The number of carbonyl (C=O) groups excluding carboxylic acids is 1. The van der Waals surface area contributed by atoms with E-state index in [4.69, 9.17) is 0 Å². The third kappa shape index (κ3) is 1.08. The van der Waals surface area contributed by atoms with Crippen LogP contribution in [0, 0.1) is 0 Å². The lowest BCUT2D eigenvalue weighted by Crippen LogP contribution is -2.09. The quantitative estimate of drug-likeness (QED) is 0.718. The van der Waals surface area contributed by atoms with E-state index in [-0.39, 0.29) is 5.76 Å². The minimum Gasteiger partial charge on any atom is -0.290 e. The predicted octanol–water partition coefficient (Wildman–Crippen LogP) is 2.83. The largest absolute Gasteiger partial charge is 0.290 e. The normalized spacial score (nSPS) is 17.1. The van der Waals surface area contributed by atoms with E-state index in [1.54, 1.807) is 12.2 Å². The number of allylic oxidation sites excluding steroid dienone is 4. The van der Waals surface area contributed by atoms with Gasteiger partial charge in [0, 0.05) is 10.1 Å². The van der Waals surface area contributed by atoms with Crippen LogP contribution in [0.15, 0.2) is 47.7 Å². The molecule has 0 aromatic heterocycles. The highest BCUT2D eigenvalue weighted by Crippen LogP contribution is 2.39. The van der Waals surface area contributed by atoms with Crippen LogP contribution >= 0.6 is 0 Å². The van der Waals surface area contributed by atoms with Crippen molar-refractivity contribution in [1.82, 2.24) is 0 Å². The number of fused-ring (bicyclic) bond motifs is 3. The first-order valence-corrected chi connectivity index (χ1v) is 4.88. The van der Waals surface area contributed by atoms with Gasteiger partial charge in [-0.25, -0.2) is 0 Å². The molecule has 0 bridgehead atoms. The van der Waals surface area contributed by atoms with E-state index in [9.17, 15) is 9.32 Å². The number of hydrogen-bond donors (Lipinski definition) is 0. The molecule has 1 aromatic carbocycles. The Balaban J connectivity index is 2.19. The van der Waals surface area contributed by atoms with Gasteiger partial charge >= 0.3 is 0 Å². The molecule has 3 rings (SSSR count). The van der Waals surface area contributed by atoms with Gasteiger partial charge < -0.3 is 0 Å². The molecule has 3 heteroatoms. The average Bonchev–Trinajstić information content (AvgIpc) is 2.69. The van der Waals surface area contributed by atoms with Crippen LogP contribution in [0.5, 0.6) is 0 Å². The van der Waals surface area contributed by atoms with Crippen molar-refractivity contribution in [3.63, 3.8) is 0 Å². The fraction of sp³-hybridized carbons (Fsp3) is 0. The van der Waals surface area contributed by atoms with Crippen LogP contribution in [-0.4, -0.2) is 5.78 Å². The fourth-order valence-corrected chi connectivity index (χ4v) is 2.04. The van der Waals surface area contributed by atoms with E-state index in [1.165, 1.54) is 6.08 Å². The zero-order valence-electron chi connectivity index (χ0n) is 8.24. The molecule has 0 heterocycles. The molecule has 0 amide bonds. The third-order valence-corrected chi connectivity index (χ3v) is 2.79. The van der Waals surface area contributed by atoms with Crippen LogP contribution < -0.4 is 0 Å². The Morgan fingerprint density at radius 3 is 2.69 bits per heavy atom. The van der Waals surface area contributed by atoms with E-state index in [0.717, 1.165) is 16.7 Å². The van der Waals surface area contributed by atoms with E-state index in [1.807, 2.05) is 24.3 Å². The maximum Gasteiger partial charge on any atom is 0.232 e. The fourth-order valence-electron chi connectivity index (χ4n) is 2.04. The number of rotatable bonds is 1. The summed E-state index contributed by atoms with van der Waals surface area (Å²) in [6.07, 6.45) is 4.82.